The summed E-state index contributed by atoms with van der Waals surface area (Å²) >= 11 is 7.28. The average Bonchev–Trinajstić information content (AvgIpc) is 2.58. The molecule has 0 atom stereocenters. The van der Waals surface area contributed by atoms with E-state index in [9.17, 15) is 9.90 Å². The minimum atomic E-state index is -0.185. The first-order valence-corrected chi connectivity index (χ1v) is 8.77. The van der Waals surface area contributed by atoms with Crippen molar-refractivity contribution in [2.45, 2.75) is 25.7 Å². The maximum Gasteiger partial charge on any atom is 0.263 e. The molecule has 0 saturated heterocycles. The van der Waals surface area contributed by atoms with E-state index in [2.05, 4.69) is 10.6 Å². The Hall–Kier alpha value is -2.11. The molecule has 6 heteroatoms. The number of carbonyl (C=O) groups excluding carboxylic acids is 1. The Balaban J connectivity index is 0.00000100. The molecule has 0 spiro atoms. The lowest BCUT2D eigenvalue weighted by Crippen LogP contribution is -2.18. The zero-order chi connectivity index (χ0) is 17.7. The summed E-state index contributed by atoms with van der Waals surface area (Å²) in [6, 6.07) is 10.5. The highest BCUT2D eigenvalue weighted by molar-refractivity contribution is 8.04. The fourth-order valence-electron chi connectivity index (χ4n) is 2.03. The van der Waals surface area contributed by atoms with Gasteiger partial charge in [-0.1, -0.05) is 43.3 Å². The molecule has 0 radical (unpaired) electrons. The van der Waals surface area contributed by atoms with Crippen LogP contribution in [0, 0.1) is 6.92 Å². The lowest BCUT2D eigenvalue weighted by Gasteiger charge is -2.19. The van der Waals surface area contributed by atoms with Crippen molar-refractivity contribution < 1.29 is 9.90 Å². The van der Waals surface area contributed by atoms with Gasteiger partial charge in [0.05, 0.1) is 16.3 Å². The molecular weight excluding hydrogens is 344 g/mol. The number of phenolic OH excluding ortho intramolecular Hbond substituents is 1. The van der Waals surface area contributed by atoms with Gasteiger partial charge in [0, 0.05) is 16.1 Å². The Morgan fingerprint density at radius 1 is 1.21 bits per heavy atom. The molecule has 24 heavy (non-hydrogen) atoms. The standard InChI is InChI=1S/C16H13ClN2O2S.C2H6/c1-9-2-4-11-14(6-9)22-15(16(21)19-11)8-18-12-7-10(17)3-5-13(12)20;1-2/h2-8,18,20H,1H3,(H,19,21);1-2H3/b15-8+;. The molecule has 0 fully saturated rings. The molecule has 1 amide bonds. The normalized spacial score (nSPS) is 14.3. The summed E-state index contributed by atoms with van der Waals surface area (Å²) in [6.45, 7) is 6.00. The maximum absolute atomic E-state index is 12.1. The maximum atomic E-state index is 12.1. The van der Waals surface area contributed by atoms with Gasteiger partial charge in [-0.2, -0.15) is 0 Å². The summed E-state index contributed by atoms with van der Waals surface area (Å²) in [5, 5.41) is 16.0. The number of halogens is 1. The Labute approximate surface area is 150 Å². The molecule has 0 unspecified atom stereocenters. The van der Waals surface area contributed by atoms with E-state index in [4.69, 9.17) is 11.6 Å². The van der Waals surface area contributed by atoms with Crippen molar-refractivity contribution in [3.8, 4) is 5.75 Å². The van der Waals surface area contributed by atoms with Crippen LogP contribution in [0.25, 0.3) is 0 Å². The van der Waals surface area contributed by atoms with Gasteiger partial charge in [0.25, 0.3) is 5.91 Å². The highest BCUT2D eigenvalue weighted by atomic mass is 35.5. The van der Waals surface area contributed by atoms with Crippen molar-refractivity contribution in [3.63, 3.8) is 0 Å². The molecule has 2 aromatic carbocycles. The molecule has 4 nitrogen and oxygen atoms in total. The fraction of sp³-hybridized carbons (Fsp3) is 0.167. The monoisotopic (exact) mass is 362 g/mol. The largest absolute Gasteiger partial charge is 0.506 e. The van der Waals surface area contributed by atoms with Crippen molar-refractivity contribution in [2.24, 2.45) is 0 Å². The second-order valence-electron chi connectivity index (χ2n) is 4.87. The van der Waals surface area contributed by atoms with Crippen LogP contribution in [0.3, 0.4) is 0 Å². The van der Waals surface area contributed by atoms with E-state index in [0.29, 0.717) is 15.6 Å². The smallest absolute Gasteiger partial charge is 0.263 e. The number of aryl methyl sites for hydroxylation is 1. The van der Waals surface area contributed by atoms with Crippen LogP contribution in [-0.2, 0) is 4.79 Å². The van der Waals surface area contributed by atoms with E-state index >= 15 is 0 Å². The lowest BCUT2D eigenvalue weighted by atomic mass is 10.2. The van der Waals surface area contributed by atoms with E-state index in [1.54, 1.807) is 18.3 Å². The molecule has 3 N–H and O–H groups in total. The number of fused-ring (bicyclic) bond motifs is 1. The first-order chi connectivity index (χ1) is 11.5. The van der Waals surface area contributed by atoms with Gasteiger partial charge in [0.1, 0.15) is 5.75 Å². The number of phenols is 1. The van der Waals surface area contributed by atoms with Gasteiger partial charge >= 0.3 is 0 Å². The third kappa shape index (κ3) is 4.24. The molecule has 1 aliphatic rings. The van der Waals surface area contributed by atoms with E-state index in [-0.39, 0.29) is 11.7 Å². The van der Waals surface area contributed by atoms with E-state index in [1.807, 2.05) is 39.0 Å². The van der Waals surface area contributed by atoms with Crippen molar-refractivity contribution in [2.75, 3.05) is 10.6 Å². The van der Waals surface area contributed by atoms with Gasteiger partial charge < -0.3 is 15.7 Å². The zero-order valence-corrected chi connectivity index (χ0v) is 15.3. The van der Waals surface area contributed by atoms with Gasteiger partial charge in [-0.3, -0.25) is 4.79 Å². The van der Waals surface area contributed by atoms with Gasteiger partial charge in [-0.15, -0.1) is 0 Å². The van der Waals surface area contributed by atoms with Crippen molar-refractivity contribution >= 4 is 40.6 Å². The summed E-state index contributed by atoms with van der Waals surface area (Å²) in [4.78, 5) is 13.6. The number of nitrogens with one attached hydrogen (secondary N) is 2. The van der Waals surface area contributed by atoms with Crippen LogP contribution in [0.5, 0.6) is 5.75 Å². The van der Waals surface area contributed by atoms with Gasteiger partial charge in [-0.25, -0.2) is 0 Å². The summed E-state index contributed by atoms with van der Waals surface area (Å²) in [6.07, 6.45) is 1.57. The SMILES string of the molecule is CC.Cc1ccc2c(c1)S/C(=C/Nc1cc(Cl)ccc1O)C(=O)N2. The van der Waals surface area contributed by atoms with Crippen LogP contribution in [-0.4, -0.2) is 11.0 Å². The highest BCUT2D eigenvalue weighted by Gasteiger charge is 2.21. The molecule has 2 aromatic rings. The molecule has 0 aromatic heterocycles. The predicted molar refractivity (Wildman–Crippen MR) is 102 cm³/mol. The van der Waals surface area contributed by atoms with E-state index < -0.39 is 0 Å². The van der Waals surface area contributed by atoms with Crippen LogP contribution >= 0.6 is 23.4 Å². The van der Waals surface area contributed by atoms with Gasteiger partial charge in [0.15, 0.2) is 0 Å². The van der Waals surface area contributed by atoms with Crippen LogP contribution in [0.4, 0.5) is 11.4 Å². The van der Waals surface area contributed by atoms with Crippen LogP contribution in [0.1, 0.15) is 19.4 Å². The first-order valence-electron chi connectivity index (χ1n) is 7.58. The second-order valence-corrected chi connectivity index (χ2v) is 6.39. The molecule has 0 bridgehead atoms. The first kappa shape index (κ1) is 18.2. The van der Waals surface area contributed by atoms with E-state index in [0.717, 1.165) is 16.1 Å². The summed E-state index contributed by atoms with van der Waals surface area (Å²) in [7, 11) is 0. The Bertz CT molecular complexity index is 791. The Morgan fingerprint density at radius 2 is 1.96 bits per heavy atom. The number of benzene rings is 2. The molecule has 0 saturated carbocycles. The molecule has 1 aliphatic heterocycles. The second kappa shape index (κ2) is 8.13. The minimum absolute atomic E-state index is 0.0683. The Morgan fingerprint density at radius 3 is 2.71 bits per heavy atom. The number of rotatable bonds is 2. The van der Waals surface area contributed by atoms with Crippen LogP contribution < -0.4 is 10.6 Å². The fourth-order valence-corrected chi connectivity index (χ4v) is 3.17. The lowest BCUT2D eigenvalue weighted by molar-refractivity contribution is -0.112. The minimum Gasteiger partial charge on any atom is -0.506 e. The zero-order valence-electron chi connectivity index (χ0n) is 13.7. The number of anilines is 2. The number of carbonyl (C=O) groups is 1. The number of hydrogen-bond acceptors (Lipinski definition) is 4. The van der Waals surface area contributed by atoms with Crippen LogP contribution in [0.15, 0.2) is 52.4 Å². The van der Waals surface area contributed by atoms with Gasteiger partial charge in [0.2, 0.25) is 0 Å². The number of thioether (sulfide) groups is 1. The number of aromatic hydroxyl groups is 1. The van der Waals surface area contributed by atoms with Gasteiger partial charge in [-0.05, 0) is 42.8 Å². The molecule has 0 aliphatic carbocycles. The quantitative estimate of drug-likeness (QED) is 0.496. The third-order valence-corrected chi connectivity index (χ3v) is 4.46. The van der Waals surface area contributed by atoms with Crippen LogP contribution in [0.2, 0.25) is 5.02 Å². The molecule has 1 heterocycles. The number of hydrogen-bond donors (Lipinski definition) is 3. The molecule has 126 valence electrons. The summed E-state index contributed by atoms with van der Waals surface area (Å²) in [5.74, 6) is -0.117. The average molecular weight is 363 g/mol. The van der Waals surface area contributed by atoms with Crippen molar-refractivity contribution in [1.82, 2.24) is 0 Å². The Kier molecular flexibility index (Phi) is 6.17. The highest BCUT2D eigenvalue weighted by Crippen LogP contribution is 2.38. The molecular formula is C18H19ClN2O2S. The summed E-state index contributed by atoms with van der Waals surface area (Å²) < 4.78 is 0. The van der Waals surface area contributed by atoms with Crippen molar-refractivity contribution in [3.05, 3.63) is 58.1 Å². The predicted octanol–water partition coefficient (Wildman–Crippen LogP) is 5.38. The number of amides is 1. The third-order valence-electron chi connectivity index (χ3n) is 3.15. The van der Waals surface area contributed by atoms with Crippen molar-refractivity contribution in [1.29, 1.82) is 0 Å². The van der Waals surface area contributed by atoms with E-state index in [1.165, 1.54) is 17.8 Å². The summed E-state index contributed by atoms with van der Waals surface area (Å²) in [5.41, 5.74) is 2.38. The topological polar surface area (TPSA) is 61.4 Å². The molecule has 3 rings (SSSR count).